The molecular formula is C15H17N5O. The van der Waals surface area contributed by atoms with E-state index >= 15 is 0 Å². The lowest BCUT2D eigenvalue weighted by molar-refractivity contribution is 0.174. The summed E-state index contributed by atoms with van der Waals surface area (Å²) >= 11 is 0. The Morgan fingerprint density at radius 2 is 1.95 bits per heavy atom. The molecule has 3 aromatic rings. The van der Waals surface area contributed by atoms with E-state index in [0.717, 1.165) is 35.4 Å². The fourth-order valence-electron chi connectivity index (χ4n) is 2.32. The molecule has 0 saturated heterocycles. The summed E-state index contributed by atoms with van der Waals surface area (Å²) in [6.07, 6.45) is 5.63. The average Bonchev–Trinajstić information content (AvgIpc) is 2.94. The second-order valence-electron chi connectivity index (χ2n) is 4.92. The number of nitrogens with zero attached hydrogens (tertiary/aromatic N) is 5. The smallest absolute Gasteiger partial charge is 0.138 e. The summed E-state index contributed by atoms with van der Waals surface area (Å²) in [6, 6.07) is 5.62. The maximum atomic E-state index is 10.4. The van der Waals surface area contributed by atoms with E-state index < -0.39 is 6.10 Å². The number of hydrogen-bond acceptors (Lipinski definition) is 5. The molecule has 3 rings (SSSR count). The molecule has 1 N–H and O–H groups in total. The predicted octanol–water partition coefficient (Wildman–Crippen LogP) is 1.91. The van der Waals surface area contributed by atoms with E-state index in [-0.39, 0.29) is 0 Å². The number of aryl methyl sites for hydroxylation is 1. The third-order valence-corrected chi connectivity index (χ3v) is 3.39. The van der Waals surface area contributed by atoms with Crippen LogP contribution in [0.1, 0.15) is 30.8 Å². The van der Waals surface area contributed by atoms with E-state index in [4.69, 9.17) is 0 Å². The minimum Gasteiger partial charge on any atom is -0.388 e. The van der Waals surface area contributed by atoms with Crippen molar-refractivity contribution in [3.8, 4) is 0 Å². The molecule has 0 radical (unpaired) electrons. The van der Waals surface area contributed by atoms with Crippen LogP contribution in [0.4, 0.5) is 0 Å². The van der Waals surface area contributed by atoms with Gasteiger partial charge in [-0.25, -0.2) is 4.98 Å². The molecule has 0 spiro atoms. The predicted molar refractivity (Wildman–Crippen MR) is 78.5 cm³/mol. The van der Waals surface area contributed by atoms with Crippen molar-refractivity contribution in [2.75, 3.05) is 0 Å². The van der Waals surface area contributed by atoms with E-state index in [1.54, 1.807) is 12.4 Å². The molecule has 0 saturated carbocycles. The van der Waals surface area contributed by atoms with Gasteiger partial charge in [-0.3, -0.25) is 14.6 Å². The SMILES string of the molecule is CCCn1ncnc1CC(O)c1ccc2nccnc2c1. The van der Waals surface area contributed by atoms with Gasteiger partial charge in [0.15, 0.2) is 0 Å². The highest BCUT2D eigenvalue weighted by Gasteiger charge is 2.14. The molecular weight excluding hydrogens is 266 g/mol. The molecule has 0 aliphatic carbocycles. The van der Waals surface area contributed by atoms with Gasteiger partial charge in [0.2, 0.25) is 0 Å². The highest BCUT2D eigenvalue weighted by atomic mass is 16.3. The monoisotopic (exact) mass is 283 g/mol. The molecule has 6 nitrogen and oxygen atoms in total. The summed E-state index contributed by atoms with van der Waals surface area (Å²) in [6.45, 7) is 2.90. The van der Waals surface area contributed by atoms with E-state index in [2.05, 4.69) is 27.0 Å². The van der Waals surface area contributed by atoms with Crippen LogP contribution in [0.3, 0.4) is 0 Å². The Labute approximate surface area is 122 Å². The second-order valence-corrected chi connectivity index (χ2v) is 4.92. The molecule has 0 aliphatic heterocycles. The molecule has 6 heteroatoms. The number of hydrogen-bond donors (Lipinski definition) is 1. The van der Waals surface area contributed by atoms with Crippen molar-refractivity contribution in [3.63, 3.8) is 0 Å². The standard InChI is InChI=1S/C15H17N5O/c1-2-7-20-15(18-10-19-20)9-14(21)11-3-4-12-13(8-11)17-6-5-16-12/h3-6,8,10,14,21H,2,7,9H2,1H3. The van der Waals surface area contributed by atoms with Crippen LogP contribution >= 0.6 is 0 Å². The van der Waals surface area contributed by atoms with Crippen molar-refractivity contribution >= 4 is 11.0 Å². The summed E-state index contributed by atoms with van der Waals surface area (Å²) in [7, 11) is 0. The molecule has 0 fully saturated rings. The largest absolute Gasteiger partial charge is 0.388 e. The first kappa shape index (κ1) is 13.6. The maximum absolute atomic E-state index is 10.4. The molecule has 0 amide bonds. The van der Waals surface area contributed by atoms with Gasteiger partial charge in [-0.2, -0.15) is 5.10 Å². The number of aromatic nitrogens is 5. The van der Waals surface area contributed by atoms with Crippen LogP contribution < -0.4 is 0 Å². The summed E-state index contributed by atoms with van der Waals surface area (Å²) in [5, 5.41) is 14.6. The summed E-state index contributed by atoms with van der Waals surface area (Å²) < 4.78 is 1.84. The Hall–Kier alpha value is -2.34. The molecule has 2 aromatic heterocycles. The molecule has 1 aromatic carbocycles. The number of rotatable bonds is 5. The number of fused-ring (bicyclic) bond motifs is 1. The zero-order chi connectivity index (χ0) is 14.7. The van der Waals surface area contributed by atoms with Crippen molar-refractivity contribution in [1.82, 2.24) is 24.7 Å². The van der Waals surface area contributed by atoms with Gasteiger partial charge in [0.25, 0.3) is 0 Å². The first-order chi connectivity index (χ1) is 10.3. The van der Waals surface area contributed by atoms with Gasteiger partial charge in [0, 0.05) is 25.4 Å². The van der Waals surface area contributed by atoms with Crippen LogP contribution in [0.25, 0.3) is 11.0 Å². The van der Waals surface area contributed by atoms with Crippen molar-refractivity contribution in [2.24, 2.45) is 0 Å². The Morgan fingerprint density at radius 3 is 2.76 bits per heavy atom. The van der Waals surface area contributed by atoms with E-state index in [9.17, 15) is 5.11 Å². The lowest BCUT2D eigenvalue weighted by Gasteiger charge is -2.12. The quantitative estimate of drug-likeness (QED) is 0.774. The highest BCUT2D eigenvalue weighted by Crippen LogP contribution is 2.20. The second kappa shape index (κ2) is 5.97. The van der Waals surface area contributed by atoms with Crippen molar-refractivity contribution in [1.29, 1.82) is 0 Å². The molecule has 1 unspecified atom stereocenters. The molecule has 21 heavy (non-hydrogen) atoms. The lowest BCUT2D eigenvalue weighted by Crippen LogP contribution is -2.10. The average molecular weight is 283 g/mol. The number of benzene rings is 1. The highest BCUT2D eigenvalue weighted by molar-refractivity contribution is 5.74. The maximum Gasteiger partial charge on any atom is 0.138 e. The van der Waals surface area contributed by atoms with Crippen LogP contribution in [-0.4, -0.2) is 29.8 Å². The van der Waals surface area contributed by atoms with Crippen molar-refractivity contribution in [2.45, 2.75) is 32.4 Å². The van der Waals surface area contributed by atoms with E-state index in [0.29, 0.717) is 6.42 Å². The molecule has 1 atom stereocenters. The van der Waals surface area contributed by atoms with Gasteiger partial charge in [0.1, 0.15) is 12.2 Å². The van der Waals surface area contributed by atoms with Crippen molar-refractivity contribution in [3.05, 3.63) is 48.3 Å². The Kier molecular flexibility index (Phi) is 3.87. The number of aliphatic hydroxyl groups excluding tert-OH is 1. The normalized spacial score (nSPS) is 12.7. The van der Waals surface area contributed by atoms with Crippen LogP contribution in [0.5, 0.6) is 0 Å². The van der Waals surface area contributed by atoms with Crippen LogP contribution in [-0.2, 0) is 13.0 Å². The zero-order valence-corrected chi connectivity index (χ0v) is 11.8. The summed E-state index contributed by atoms with van der Waals surface area (Å²) in [5.41, 5.74) is 2.42. The van der Waals surface area contributed by atoms with Gasteiger partial charge < -0.3 is 5.11 Å². The molecule has 0 aliphatic rings. The van der Waals surface area contributed by atoms with Gasteiger partial charge in [-0.05, 0) is 24.1 Å². The summed E-state index contributed by atoms with van der Waals surface area (Å²) in [4.78, 5) is 12.7. The minimum atomic E-state index is -0.629. The molecule has 2 heterocycles. The van der Waals surface area contributed by atoms with Crippen LogP contribution in [0.2, 0.25) is 0 Å². The molecule has 0 bridgehead atoms. The summed E-state index contributed by atoms with van der Waals surface area (Å²) in [5.74, 6) is 0.795. The topological polar surface area (TPSA) is 76.7 Å². The molecule has 108 valence electrons. The Morgan fingerprint density at radius 1 is 1.14 bits per heavy atom. The fourth-order valence-corrected chi connectivity index (χ4v) is 2.32. The van der Waals surface area contributed by atoms with Gasteiger partial charge in [-0.1, -0.05) is 13.0 Å². The first-order valence-corrected chi connectivity index (χ1v) is 7.03. The minimum absolute atomic E-state index is 0.436. The van der Waals surface area contributed by atoms with E-state index in [1.807, 2.05) is 22.9 Å². The van der Waals surface area contributed by atoms with Gasteiger partial charge in [-0.15, -0.1) is 0 Å². The Bertz CT molecular complexity index is 740. The van der Waals surface area contributed by atoms with Crippen molar-refractivity contribution < 1.29 is 5.11 Å². The lowest BCUT2D eigenvalue weighted by atomic mass is 10.1. The fraction of sp³-hybridized carbons (Fsp3) is 0.333. The van der Waals surface area contributed by atoms with E-state index in [1.165, 1.54) is 6.33 Å². The zero-order valence-electron chi connectivity index (χ0n) is 11.8. The third kappa shape index (κ3) is 2.90. The van der Waals surface area contributed by atoms with Gasteiger partial charge in [0.05, 0.1) is 17.1 Å². The van der Waals surface area contributed by atoms with Crippen LogP contribution in [0.15, 0.2) is 36.9 Å². The third-order valence-electron chi connectivity index (χ3n) is 3.39. The van der Waals surface area contributed by atoms with Crippen LogP contribution in [0, 0.1) is 0 Å². The number of aliphatic hydroxyl groups is 1. The Balaban J connectivity index is 1.83. The van der Waals surface area contributed by atoms with Gasteiger partial charge >= 0.3 is 0 Å². The first-order valence-electron chi connectivity index (χ1n) is 7.03.